The number of aliphatic carboxylic acids is 1. The Morgan fingerprint density at radius 3 is 3.05 bits per heavy atom. The van der Waals surface area contributed by atoms with Gasteiger partial charge in [-0.15, -0.1) is 0 Å². The van der Waals surface area contributed by atoms with Gasteiger partial charge >= 0.3 is 5.97 Å². The molecule has 0 saturated carbocycles. The van der Waals surface area contributed by atoms with E-state index in [0.717, 1.165) is 24.1 Å². The SMILES string of the molecule is C[C@@]1(CCCC(=O)O)OCCc2c1[nH]c1ccccc21. The third-order valence-electron chi connectivity index (χ3n) is 4.16. The molecule has 1 aromatic heterocycles. The second-order valence-electron chi connectivity index (χ2n) is 5.60. The molecule has 106 valence electrons. The van der Waals surface area contributed by atoms with Crippen LogP contribution in [0.3, 0.4) is 0 Å². The Balaban J connectivity index is 1.94. The Labute approximate surface area is 117 Å². The number of benzene rings is 1. The molecule has 20 heavy (non-hydrogen) atoms. The largest absolute Gasteiger partial charge is 0.481 e. The second kappa shape index (κ2) is 4.94. The summed E-state index contributed by atoms with van der Waals surface area (Å²) in [4.78, 5) is 14.2. The molecule has 4 nitrogen and oxygen atoms in total. The molecule has 0 unspecified atom stereocenters. The van der Waals surface area contributed by atoms with Crippen molar-refractivity contribution in [3.05, 3.63) is 35.5 Å². The highest BCUT2D eigenvalue weighted by molar-refractivity contribution is 5.85. The lowest BCUT2D eigenvalue weighted by atomic mass is 9.88. The van der Waals surface area contributed by atoms with Crippen LogP contribution < -0.4 is 0 Å². The smallest absolute Gasteiger partial charge is 0.303 e. The molecule has 0 saturated heterocycles. The van der Waals surface area contributed by atoms with Gasteiger partial charge in [0, 0.05) is 17.3 Å². The quantitative estimate of drug-likeness (QED) is 0.899. The Morgan fingerprint density at radius 1 is 1.45 bits per heavy atom. The van der Waals surface area contributed by atoms with E-state index >= 15 is 0 Å². The van der Waals surface area contributed by atoms with E-state index in [2.05, 4.69) is 24.0 Å². The molecule has 0 spiro atoms. The molecule has 2 aromatic rings. The maximum absolute atomic E-state index is 10.7. The van der Waals surface area contributed by atoms with Crippen LogP contribution in [0.25, 0.3) is 10.9 Å². The number of carboxylic acids is 1. The van der Waals surface area contributed by atoms with Gasteiger partial charge in [-0.3, -0.25) is 4.79 Å². The molecule has 2 heterocycles. The lowest BCUT2D eigenvalue weighted by Crippen LogP contribution is -2.32. The maximum Gasteiger partial charge on any atom is 0.303 e. The Bertz CT molecular complexity index is 646. The van der Waals surface area contributed by atoms with Crippen LogP contribution in [-0.2, 0) is 21.6 Å². The summed E-state index contributed by atoms with van der Waals surface area (Å²) in [5.41, 5.74) is 3.18. The van der Waals surface area contributed by atoms with Crippen molar-refractivity contribution in [2.45, 2.75) is 38.2 Å². The third-order valence-corrected chi connectivity index (χ3v) is 4.16. The third kappa shape index (κ3) is 2.20. The van der Waals surface area contributed by atoms with Gasteiger partial charge in [0.25, 0.3) is 0 Å². The second-order valence-corrected chi connectivity index (χ2v) is 5.60. The molecule has 3 rings (SSSR count). The summed E-state index contributed by atoms with van der Waals surface area (Å²) in [5.74, 6) is -0.749. The molecule has 4 heteroatoms. The number of aromatic amines is 1. The van der Waals surface area contributed by atoms with Crippen LogP contribution in [0.1, 0.15) is 37.4 Å². The van der Waals surface area contributed by atoms with Crippen LogP contribution in [0.5, 0.6) is 0 Å². The first-order chi connectivity index (χ1) is 9.60. The van der Waals surface area contributed by atoms with Gasteiger partial charge < -0.3 is 14.8 Å². The van der Waals surface area contributed by atoms with E-state index in [9.17, 15) is 4.79 Å². The van der Waals surface area contributed by atoms with Gasteiger partial charge in [-0.2, -0.15) is 0 Å². The minimum atomic E-state index is -0.749. The summed E-state index contributed by atoms with van der Waals surface area (Å²) in [5, 5.41) is 10.0. The Hall–Kier alpha value is -1.81. The number of H-pyrrole nitrogens is 1. The molecular weight excluding hydrogens is 254 g/mol. The van der Waals surface area contributed by atoms with Crippen molar-refractivity contribution in [2.75, 3.05) is 6.61 Å². The summed E-state index contributed by atoms with van der Waals surface area (Å²) < 4.78 is 5.98. The van der Waals surface area contributed by atoms with Gasteiger partial charge in [-0.25, -0.2) is 0 Å². The van der Waals surface area contributed by atoms with E-state index in [4.69, 9.17) is 9.84 Å². The lowest BCUT2D eigenvalue weighted by Gasteiger charge is -2.34. The molecular formula is C16H19NO3. The van der Waals surface area contributed by atoms with Crippen LogP contribution in [0, 0.1) is 0 Å². The van der Waals surface area contributed by atoms with Crippen LogP contribution in [-0.4, -0.2) is 22.7 Å². The Morgan fingerprint density at radius 2 is 2.25 bits per heavy atom. The van der Waals surface area contributed by atoms with E-state index in [1.807, 2.05) is 12.1 Å². The van der Waals surface area contributed by atoms with Gasteiger partial charge in [0.2, 0.25) is 0 Å². The van der Waals surface area contributed by atoms with E-state index in [1.54, 1.807) is 0 Å². The number of aromatic nitrogens is 1. The first-order valence-electron chi connectivity index (χ1n) is 7.06. The minimum absolute atomic E-state index is 0.189. The van der Waals surface area contributed by atoms with Crippen molar-refractivity contribution in [1.29, 1.82) is 0 Å². The van der Waals surface area contributed by atoms with Crippen LogP contribution >= 0.6 is 0 Å². The molecule has 1 aliphatic heterocycles. The van der Waals surface area contributed by atoms with Gasteiger partial charge in [0.1, 0.15) is 5.60 Å². The zero-order valence-corrected chi connectivity index (χ0v) is 11.6. The first kappa shape index (κ1) is 13.2. The van der Waals surface area contributed by atoms with Gasteiger partial charge in [0.15, 0.2) is 0 Å². The fourth-order valence-electron chi connectivity index (χ4n) is 3.14. The number of hydrogen-bond donors (Lipinski definition) is 2. The topological polar surface area (TPSA) is 62.3 Å². The molecule has 0 amide bonds. The van der Waals surface area contributed by atoms with E-state index in [0.29, 0.717) is 13.0 Å². The summed E-state index contributed by atoms with van der Waals surface area (Å²) in [7, 11) is 0. The fourth-order valence-corrected chi connectivity index (χ4v) is 3.14. The van der Waals surface area contributed by atoms with Crippen LogP contribution in [0.2, 0.25) is 0 Å². The normalized spacial score (nSPS) is 21.9. The minimum Gasteiger partial charge on any atom is -0.481 e. The highest BCUT2D eigenvalue weighted by atomic mass is 16.5. The average molecular weight is 273 g/mol. The summed E-state index contributed by atoms with van der Waals surface area (Å²) in [6, 6.07) is 8.28. The standard InChI is InChI=1S/C16H19NO3/c1-16(9-4-7-14(18)19)15-12(8-10-20-16)11-5-2-3-6-13(11)17-15/h2-3,5-6,17H,4,7-10H2,1H3,(H,18,19)/t16-/m0/s1. The van der Waals surface area contributed by atoms with Crippen molar-refractivity contribution in [2.24, 2.45) is 0 Å². The summed E-state index contributed by atoms with van der Waals surface area (Å²) >= 11 is 0. The molecule has 0 radical (unpaired) electrons. The molecule has 2 N–H and O–H groups in total. The van der Waals surface area contributed by atoms with E-state index < -0.39 is 11.6 Å². The molecule has 1 atom stereocenters. The zero-order valence-electron chi connectivity index (χ0n) is 11.6. The summed E-state index contributed by atoms with van der Waals surface area (Å²) in [6.45, 7) is 2.75. The number of rotatable bonds is 4. The van der Waals surface area contributed by atoms with Crippen molar-refractivity contribution in [1.82, 2.24) is 4.98 Å². The monoisotopic (exact) mass is 273 g/mol. The number of ether oxygens (including phenoxy) is 1. The predicted octanol–water partition coefficient (Wildman–Crippen LogP) is 3.21. The van der Waals surface area contributed by atoms with Crippen molar-refractivity contribution < 1.29 is 14.6 Å². The van der Waals surface area contributed by atoms with Gasteiger partial charge in [-0.1, -0.05) is 18.2 Å². The lowest BCUT2D eigenvalue weighted by molar-refractivity contribution is -0.137. The van der Waals surface area contributed by atoms with Gasteiger partial charge in [-0.05, 0) is 37.8 Å². The molecule has 0 bridgehead atoms. The Kier molecular flexibility index (Phi) is 3.26. The number of para-hydroxylation sites is 1. The molecule has 0 fully saturated rings. The highest BCUT2D eigenvalue weighted by Gasteiger charge is 2.35. The van der Waals surface area contributed by atoms with Gasteiger partial charge in [0.05, 0.1) is 12.3 Å². The average Bonchev–Trinajstić information content (AvgIpc) is 2.79. The summed E-state index contributed by atoms with van der Waals surface area (Å²) in [6.07, 6.45) is 2.45. The van der Waals surface area contributed by atoms with Crippen LogP contribution in [0.15, 0.2) is 24.3 Å². The van der Waals surface area contributed by atoms with Crippen molar-refractivity contribution in [3.63, 3.8) is 0 Å². The number of carbonyl (C=O) groups is 1. The fraction of sp³-hybridized carbons (Fsp3) is 0.438. The van der Waals surface area contributed by atoms with Crippen LogP contribution in [0.4, 0.5) is 0 Å². The predicted molar refractivity (Wildman–Crippen MR) is 76.8 cm³/mol. The number of nitrogens with one attached hydrogen (secondary N) is 1. The number of fused-ring (bicyclic) bond motifs is 3. The molecule has 1 aromatic carbocycles. The zero-order chi connectivity index (χ0) is 14.2. The highest BCUT2D eigenvalue weighted by Crippen LogP contribution is 2.39. The molecule has 0 aliphatic carbocycles. The van der Waals surface area contributed by atoms with Crippen molar-refractivity contribution >= 4 is 16.9 Å². The number of hydrogen-bond acceptors (Lipinski definition) is 2. The molecule has 1 aliphatic rings. The number of carboxylic acid groups (broad SMARTS) is 1. The first-order valence-corrected chi connectivity index (χ1v) is 7.06. The van der Waals surface area contributed by atoms with E-state index in [-0.39, 0.29) is 6.42 Å². The van der Waals surface area contributed by atoms with E-state index in [1.165, 1.54) is 10.9 Å². The maximum atomic E-state index is 10.7. The van der Waals surface area contributed by atoms with Crippen molar-refractivity contribution in [3.8, 4) is 0 Å².